The van der Waals surface area contributed by atoms with Crippen LogP contribution in [0.5, 0.6) is 0 Å². The van der Waals surface area contributed by atoms with Crippen molar-refractivity contribution in [1.29, 1.82) is 0 Å². The summed E-state index contributed by atoms with van der Waals surface area (Å²) in [5.74, 6) is -1.36. The van der Waals surface area contributed by atoms with Gasteiger partial charge in [-0.2, -0.15) is 0 Å². The quantitative estimate of drug-likeness (QED) is 0.687. The second-order valence-electron chi connectivity index (χ2n) is 5.59. The predicted molar refractivity (Wildman–Crippen MR) is 93.3 cm³/mol. The zero-order chi connectivity index (χ0) is 17.0. The van der Waals surface area contributed by atoms with Crippen LogP contribution in [0.15, 0.2) is 28.9 Å². The molecule has 2 aromatic rings. The Morgan fingerprint density at radius 1 is 1.30 bits per heavy atom. The molecule has 0 radical (unpaired) electrons. The molecule has 0 saturated carbocycles. The van der Waals surface area contributed by atoms with Crippen molar-refractivity contribution in [2.75, 3.05) is 0 Å². The highest BCUT2D eigenvalue weighted by molar-refractivity contribution is 9.10. The second-order valence-corrected chi connectivity index (χ2v) is 6.45. The number of H-pyrrole nitrogens is 1. The summed E-state index contributed by atoms with van der Waals surface area (Å²) in [6, 6.07) is 4.82. The van der Waals surface area contributed by atoms with E-state index in [1.54, 1.807) is 6.20 Å². The Morgan fingerprint density at radius 3 is 2.61 bits per heavy atom. The van der Waals surface area contributed by atoms with Gasteiger partial charge < -0.3 is 15.4 Å². The Balaban J connectivity index is 2.22. The van der Waals surface area contributed by atoms with E-state index in [9.17, 15) is 14.7 Å². The van der Waals surface area contributed by atoms with E-state index in [2.05, 4.69) is 26.2 Å². The zero-order valence-corrected chi connectivity index (χ0v) is 14.8. The van der Waals surface area contributed by atoms with Gasteiger partial charge in [0, 0.05) is 33.9 Å². The molecule has 0 spiro atoms. The van der Waals surface area contributed by atoms with Crippen LogP contribution in [0.1, 0.15) is 32.3 Å². The van der Waals surface area contributed by atoms with E-state index in [1.165, 1.54) is 0 Å². The van der Waals surface area contributed by atoms with Crippen molar-refractivity contribution in [3.63, 3.8) is 0 Å². The fourth-order valence-corrected chi connectivity index (χ4v) is 3.36. The van der Waals surface area contributed by atoms with E-state index < -0.39 is 12.0 Å². The van der Waals surface area contributed by atoms with Crippen LogP contribution in [-0.2, 0) is 16.0 Å². The van der Waals surface area contributed by atoms with E-state index in [4.69, 9.17) is 0 Å². The van der Waals surface area contributed by atoms with Gasteiger partial charge in [-0.3, -0.25) is 4.79 Å². The first kappa shape index (κ1) is 17.5. The molecule has 6 heteroatoms. The molecule has 5 nitrogen and oxygen atoms in total. The van der Waals surface area contributed by atoms with Crippen molar-refractivity contribution in [3.05, 3.63) is 34.4 Å². The topological polar surface area (TPSA) is 82.2 Å². The maximum absolute atomic E-state index is 12.2. The fourth-order valence-electron chi connectivity index (χ4n) is 2.74. The number of aliphatic carboxylic acids is 1. The maximum atomic E-state index is 12.2. The summed E-state index contributed by atoms with van der Waals surface area (Å²) >= 11 is 3.50. The first-order chi connectivity index (χ1) is 11.0. The van der Waals surface area contributed by atoms with Crippen molar-refractivity contribution < 1.29 is 14.7 Å². The molecule has 3 N–H and O–H groups in total. The number of hydrogen-bond acceptors (Lipinski definition) is 2. The molecular weight excluding hydrogens is 360 g/mol. The molecule has 0 aliphatic rings. The number of nitrogens with one attached hydrogen (secondary N) is 2. The number of carbonyl (C=O) groups excluding carboxylic acids is 1. The summed E-state index contributed by atoms with van der Waals surface area (Å²) < 4.78 is 0.904. The summed E-state index contributed by atoms with van der Waals surface area (Å²) in [5.41, 5.74) is 1.80. The second kappa shape index (κ2) is 7.64. The molecule has 0 fully saturated rings. The third-order valence-corrected chi connectivity index (χ3v) is 4.79. The highest BCUT2D eigenvalue weighted by Gasteiger charge is 2.25. The third kappa shape index (κ3) is 3.93. The van der Waals surface area contributed by atoms with Gasteiger partial charge in [0.1, 0.15) is 6.04 Å². The van der Waals surface area contributed by atoms with Crippen LogP contribution in [0.2, 0.25) is 0 Å². The number of carboxylic acid groups (broad SMARTS) is 1. The number of benzene rings is 1. The van der Waals surface area contributed by atoms with Crippen LogP contribution < -0.4 is 5.32 Å². The normalized spacial score (nSPS) is 12.5. The molecule has 124 valence electrons. The molecule has 0 bridgehead atoms. The molecule has 1 atom stereocenters. The van der Waals surface area contributed by atoms with E-state index in [0.29, 0.717) is 12.8 Å². The largest absolute Gasteiger partial charge is 0.480 e. The average Bonchev–Trinajstić information content (AvgIpc) is 2.92. The smallest absolute Gasteiger partial charge is 0.326 e. The standard InChI is InChI=1S/C17H21BrN2O3/c1-3-10(4-2)16(21)20-14(17(22)23)8-11-9-19-13-7-5-6-12(18)15(11)13/h5-7,9-10,14,19H,3-4,8H2,1-2H3,(H,20,21)(H,22,23). The Bertz CT molecular complexity index is 707. The number of halogens is 1. The highest BCUT2D eigenvalue weighted by atomic mass is 79.9. The van der Waals surface area contributed by atoms with Gasteiger partial charge in [0.25, 0.3) is 0 Å². The minimum Gasteiger partial charge on any atom is -0.480 e. The van der Waals surface area contributed by atoms with Crippen LogP contribution in [0.4, 0.5) is 0 Å². The van der Waals surface area contributed by atoms with E-state index in [-0.39, 0.29) is 18.2 Å². The molecule has 1 amide bonds. The Hall–Kier alpha value is -1.82. The lowest BCUT2D eigenvalue weighted by molar-refractivity contribution is -0.142. The minimum atomic E-state index is -1.02. The SMILES string of the molecule is CCC(CC)C(=O)NC(Cc1c[nH]c2cccc(Br)c12)C(=O)O. The number of fused-ring (bicyclic) bond motifs is 1. The van der Waals surface area contributed by atoms with Crippen molar-refractivity contribution >= 4 is 38.7 Å². The molecule has 1 heterocycles. The first-order valence-corrected chi connectivity index (χ1v) is 8.54. The van der Waals surface area contributed by atoms with Crippen LogP contribution in [0, 0.1) is 5.92 Å². The van der Waals surface area contributed by atoms with Gasteiger partial charge in [0.15, 0.2) is 0 Å². The lowest BCUT2D eigenvalue weighted by Gasteiger charge is -2.18. The molecule has 2 rings (SSSR count). The number of amides is 1. The van der Waals surface area contributed by atoms with E-state index in [0.717, 1.165) is 20.9 Å². The Labute approximate surface area is 143 Å². The number of aromatic amines is 1. The third-order valence-electron chi connectivity index (χ3n) is 4.13. The molecule has 23 heavy (non-hydrogen) atoms. The molecule has 1 aromatic heterocycles. The number of rotatable bonds is 7. The Morgan fingerprint density at radius 2 is 2.00 bits per heavy atom. The first-order valence-electron chi connectivity index (χ1n) is 7.75. The number of carboxylic acids is 1. The van der Waals surface area contributed by atoms with Crippen molar-refractivity contribution in [2.45, 2.75) is 39.2 Å². The molecule has 0 aliphatic carbocycles. The van der Waals surface area contributed by atoms with Crippen molar-refractivity contribution in [2.24, 2.45) is 5.92 Å². The van der Waals surface area contributed by atoms with Crippen molar-refractivity contribution in [1.82, 2.24) is 10.3 Å². The number of aromatic nitrogens is 1. The lowest BCUT2D eigenvalue weighted by atomic mass is 10.0. The summed E-state index contributed by atoms with van der Waals surface area (Å²) in [6.45, 7) is 3.86. The molecular formula is C17H21BrN2O3. The Kier molecular flexibility index (Phi) is 5.82. The van der Waals surface area contributed by atoms with Gasteiger partial charge in [-0.15, -0.1) is 0 Å². The molecule has 1 unspecified atom stereocenters. The van der Waals surface area contributed by atoms with Crippen LogP contribution in [-0.4, -0.2) is 28.0 Å². The van der Waals surface area contributed by atoms with E-state index >= 15 is 0 Å². The van der Waals surface area contributed by atoms with Crippen molar-refractivity contribution in [3.8, 4) is 0 Å². The molecule has 0 saturated heterocycles. The van der Waals surface area contributed by atoms with Crippen LogP contribution in [0.3, 0.4) is 0 Å². The zero-order valence-electron chi connectivity index (χ0n) is 13.2. The summed E-state index contributed by atoms with van der Waals surface area (Å²) in [5, 5.41) is 13.1. The maximum Gasteiger partial charge on any atom is 0.326 e. The van der Waals surface area contributed by atoms with Gasteiger partial charge in [-0.1, -0.05) is 35.8 Å². The van der Waals surface area contributed by atoms with E-state index in [1.807, 2.05) is 32.0 Å². The highest BCUT2D eigenvalue weighted by Crippen LogP contribution is 2.27. The summed E-state index contributed by atoms with van der Waals surface area (Å²) in [4.78, 5) is 26.9. The molecule has 0 aliphatic heterocycles. The monoisotopic (exact) mass is 380 g/mol. The van der Waals surface area contributed by atoms with Crippen LogP contribution in [0.25, 0.3) is 10.9 Å². The number of carbonyl (C=O) groups is 2. The number of hydrogen-bond donors (Lipinski definition) is 3. The van der Waals surface area contributed by atoms with Crippen LogP contribution >= 0.6 is 15.9 Å². The molecule has 1 aromatic carbocycles. The fraction of sp³-hybridized carbons (Fsp3) is 0.412. The summed E-state index contributed by atoms with van der Waals surface area (Å²) in [7, 11) is 0. The van der Waals surface area contributed by atoms with Gasteiger partial charge >= 0.3 is 5.97 Å². The average molecular weight is 381 g/mol. The minimum absolute atomic E-state index is 0.147. The van der Waals surface area contributed by atoms with Gasteiger partial charge in [-0.25, -0.2) is 4.79 Å². The van der Waals surface area contributed by atoms with Gasteiger partial charge in [0.2, 0.25) is 5.91 Å². The van der Waals surface area contributed by atoms with Gasteiger partial charge in [-0.05, 0) is 30.5 Å². The predicted octanol–water partition coefficient (Wildman–Crippen LogP) is 3.48. The summed E-state index contributed by atoms with van der Waals surface area (Å²) in [6.07, 6.45) is 3.44. The lowest BCUT2D eigenvalue weighted by Crippen LogP contribution is -2.44. The van der Waals surface area contributed by atoms with Gasteiger partial charge in [0.05, 0.1) is 0 Å².